The summed E-state index contributed by atoms with van der Waals surface area (Å²) in [5.41, 5.74) is 9.57. The fourth-order valence-corrected chi connectivity index (χ4v) is 5.58. The van der Waals surface area contributed by atoms with Gasteiger partial charge in [-0.1, -0.05) is 35.3 Å². The lowest BCUT2D eigenvalue weighted by atomic mass is 9.74. The Kier molecular flexibility index (Phi) is 4.89. The van der Waals surface area contributed by atoms with Gasteiger partial charge in [-0.25, -0.2) is 4.98 Å². The van der Waals surface area contributed by atoms with Gasteiger partial charge >= 0.3 is 0 Å². The molecule has 7 nitrogen and oxygen atoms in total. The molecule has 3 N–H and O–H groups in total. The van der Waals surface area contributed by atoms with E-state index in [0.29, 0.717) is 22.1 Å². The van der Waals surface area contributed by atoms with Gasteiger partial charge in [-0.2, -0.15) is 0 Å². The van der Waals surface area contributed by atoms with Gasteiger partial charge in [0, 0.05) is 30.3 Å². The fourth-order valence-electron chi connectivity index (χ4n) is 5.18. The number of nitrogens with zero attached hydrogens (tertiary/aromatic N) is 5. The van der Waals surface area contributed by atoms with E-state index in [4.69, 9.17) is 33.9 Å². The van der Waals surface area contributed by atoms with E-state index in [2.05, 4.69) is 15.1 Å². The second kappa shape index (κ2) is 7.34. The van der Waals surface area contributed by atoms with Crippen LogP contribution in [0.4, 0.5) is 5.95 Å². The molecule has 2 fully saturated rings. The molecule has 2 atom stereocenters. The number of hydrogen-bond donors (Lipinski definition) is 2. The third-order valence-corrected chi connectivity index (χ3v) is 7.65. The first-order valence-corrected chi connectivity index (χ1v) is 11.0. The largest absolute Gasteiger partial charge is 0.393 e. The highest BCUT2D eigenvalue weighted by Crippen LogP contribution is 2.46. The lowest BCUT2D eigenvalue weighted by Crippen LogP contribution is -2.47. The Morgan fingerprint density at radius 1 is 1.23 bits per heavy atom. The number of aromatic nitrogens is 4. The smallest absolute Gasteiger partial charge is 0.212 e. The van der Waals surface area contributed by atoms with Crippen LogP contribution in [0.5, 0.6) is 0 Å². The highest BCUT2D eigenvalue weighted by Gasteiger charge is 2.47. The fraction of sp³-hybridized carbons (Fsp3) is 0.476. The molecule has 1 aromatic carbocycles. The molecule has 3 aromatic rings. The summed E-state index contributed by atoms with van der Waals surface area (Å²) in [6.45, 7) is 3.62. The molecule has 0 bridgehead atoms. The average molecular weight is 447 g/mol. The standard InChI is InChI=1S/C21H24Cl2N6O/c1-12-17(14-3-2-4-15(22)18(14)23)19-27-25-11-29(19)20(26-12)28-7-5-21(6-8-28)10-13(30)9-16(21)24/h2-4,11,13,16,30H,5-10,24H2,1H3/t13-,16?/m0/s1. The zero-order valence-electron chi connectivity index (χ0n) is 16.7. The van der Waals surface area contributed by atoms with Crippen molar-refractivity contribution in [2.24, 2.45) is 11.1 Å². The van der Waals surface area contributed by atoms with Gasteiger partial charge in [0.2, 0.25) is 5.95 Å². The van der Waals surface area contributed by atoms with Crippen LogP contribution in [0.2, 0.25) is 10.0 Å². The highest BCUT2D eigenvalue weighted by molar-refractivity contribution is 6.43. The summed E-state index contributed by atoms with van der Waals surface area (Å²) in [6, 6.07) is 5.61. The van der Waals surface area contributed by atoms with E-state index >= 15 is 0 Å². The number of aryl methyl sites for hydroxylation is 1. The molecule has 1 aliphatic carbocycles. The van der Waals surface area contributed by atoms with E-state index in [1.54, 1.807) is 12.4 Å². The van der Waals surface area contributed by atoms with Crippen LogP contribution in [0.25, 0.3) is 16.8 Å². The van der Waals surface area contributed by atoms with Gasteiger partial charge < -0.3 is 15.7 Å². The predicted molar refractivity (Wildman–Crippen MR) is 118 cm³/mol. The third kappa shape index (κ3) is 3.07. The van der Waals surface area contributed by atoms with Crippen molar-refractivity contribution in [2.45, 2.75) is 44.8 Å². The Balaban J connectivity index is 1.52. The lowest BCUT2D eigenvalue weighted by molar-refractivity contribution is 0.141. The van der Waals surface area contributed by atoms with Gasteiger partial charge in [0.25, 0.3) is 0 Å². The number of aliphatic hydroxyl groups is 1. The number of nitrogens with two attached hydrogens (primary N) is 1. The topological polar surface area (TPSA) is 92.6 Å². The van der Waals surface area contributed by atoms with Gasteiger partial charge in [0.1, 0.15) is 6.33 Å². The summed E-state index contributed by atoms with van der Waals surface area (Å²) in [5.74, 6) is 0.816. The Morgan fingerprint density at radius 3 is 2.70 bits per heavy atom. The van der Waals surface area contributed by atoms with E-state index in [-0.39, 0.29) is 17.6 Å². The van der Waals surface area contributed by atoms with Gasteiger partial charge in [-0.15, -0.1) is 10.2 Å². The molecule has 1 aliphatic heterocycles. The van der Waals surface area contributed by atoms with Crippen LogP contribution < -0.4 is 10.6 Å². The number of rotatable bonds is 2. The van der Waals surface area contributed by atoms with E-state index in [1.165, 1.54) is 0 Å². The second-order valence-electron chi connectivity index (χ2n) is 8.55. The molecule has 30 heavy (non-hydrogen) atoms. The summed E-state index contributed by atoms with van der Waals surface area (Å²) in [5, 5.41) is 19.6. The van der Waals surface area contributed by atoms with Crippen LogP contribution in [0.3, 0.4) is 0 Å². The van der Waals surface area contributed by atoms with Gasteiger partial charge in [0.15, 0.2) is 5.65 Å². The average Bonchev–Trinajstić information content (AvgIpc) is 3.29. The summed E-state index contributed by atoms with van der Waals surface area (Å²) in [6.07, 6.45) is 4.78. The SMILES string of the molecule is Cc1nc(N2CCC3(CC2)C[C@@H](O)CC3N)n2cnnc2c1-c1cccc(Cl)c1Cl. The van der Waals surface area contributed by atoms with E-state index in [9.17, 15) is 5.11 Å². The Morgan fingerprint density at radius 2 is 2.00 bits per heavy atom. The zero-order chi connectivity index (χ0) is 21.0. The number of piperidine rings is 1. The first-order valence-electron chi connectivity index (χ1n) is 10.2. The van der Waals surface area contributed by atoms with Crippen LogP contribution >= 0.6 is 23.2 Å². The minimum atomic E-state index is -0.279. The molecule has 158 valence electrons. The monoisotopic (exact) mass is 446 g/mol. The number of benzene rings is 1. The Labute approximate surface area is 184 Å². The number of fused-ring (bicyclic) bond motifs is 1. The molecule has 0 amide bonds. The zero-order valence-corrected chi connectivity index (χ0v) is 18.2. The molecule has 9 heteroatoms. The molecule has 1 spiro atoms. The van der Waals surface area contributed by atoms with Gasteiger partial charge in [0.05, 0.1) is 21.8 Å². The maximum atomic E-state index is 10.1. The third-order valence-electron chi connectivity index (χ3n) is 6.83. The number of hydrogen-bond acceptors (Lipinski definition) is 6. The van der Waals surface area contributed by atoms with Crippen LogP contribution in [0, 0.1) is 12.3 Å². The maximum absolute atomic E-state index is 10.1. The minimum absolute atomic E-state index is 0.0333. The van der Waals surface area contributed by atoms with Crippen molar-refractivity contribution in [1.29, 1.82) is 0 Å². The first-order chi connectivity index (χ1) is 14.4. The number of halogens is 2. The van der Waals surface area contributed by atoms with Crippen LogP contribution in [0.1, 0.15) is 31.4 Å². The molecule has 0 radical (unpaired) electrons. The van der Waals surface area contributed by atoms with Crippen molar-refractivity contribution < 1.29 is 5.11 Å². The van der Waals surface area contributed by atoms with Crippen LogP contribution in [-0.2, 0) is 0 Å². The normalized spacial score (nSPS) is 23.6. The van der Waals surface area contributed by atoms with Crippen molar-refractivity contribution in [3.63, 3.8) is 0 Å². The van der Waals surface area contributed by atoms with E-state index < -0.39 is 0 Å². The molecular formula is C21H24Cl2N6O. The Bertz CT molecular complexity index is 1110. The van der Waals surface area contributed by atoms with Crippen molar-refractivity contribution in [3.05, 3.63) is 40.3 Å². The van der Waals surface area contributed by atoms with Crippen LogP contribution in [0.15, 0.2) is 24.5 Å². The van der Waals surface area contributed by atoms with Crippen LogP contribution in [-0.4, -0.2) is 49.9 Å². The summed E-state index contributed by atoms with van der Waals surface area (Å²) < 4.78 is 1.92. The molecular weight excluding hydrogens is 423 g/mol. The predicted octanol–water partition coefficient (Wildman–Crippen LogP) is 3.48. The first kappa shape index (κ1) is 20.0. The molecule has 2 aromatic heterocycles. The summed E-state index contributed by atoms with van der Waals surface area (Å²) >= 11 is 12.7. The van der Waals surface area contributed by atoms with Crippen molar-refractivity contribution in [3.8, 4) is 11.1 Å². The van der Waals surface area contributed by atoms with Crippen molar-refractivity contribution in [1.82, 2.24) is 19.6 Å². The molecule has 2 aliphatic rings. The summed E-state index contributed by atoms with van der Waals surface area (Å²) in [7, 11) is 0. The van der Waals surface area contributed by atoms with E-state index in [1.807, 2.05) is 23.5 Å². The van der Waals surface area contributed by atoms with Gasteiger partial charge in [-0.05, 0) is 44.1 Å². The highest BCUT2D eigenvalue weighted by atomic mass is 35.5. The summed E-state index contributed by atoms with van der Waals surface area (Å²) in [4.78, 5) is 7.18. The molecule has 1 unspecified atom stereocenters. The van der Waals surface area contributed by atoms with Crippen molar-refractivity contribution >= 4 is 34.8 Å². The molecule has 5 rings (SSSR count). The molecule has 1 saturated carbocycles. The molecule has 3 heterocycles. The van der Waals surface area contributed by atoms with Gasteiger partial charge in [-0.3, -0.25) is 4.40 Å². The van der Waals surface area contributed by atoms with Crippen molar-refractivity contribution in [2.75, 3.05) is 18.0 Å². The number of anilines is 1. The lowest BCUT2D eigenvalue weighted by Gasteiger charge is -2.42. The minimum Gasteiger partial charge on any atom is -0.393 e. The second-order valence-corrected chi connectivity index (χ2v) is 9.33. The number of aliphatic hydroxyl groups excluding tert-OH is 1. The Hall–Kier alpha value is -1.93. The molecule has 1 saturated heterocycles. The van der Waals surface area contributed by atoms with E-state index in [0.717, 1.165) is 55.1 Å². The quantitative estimate of drug-likeness (QED) is 0.625. The maximum Gasteiger partial charge on any atom is 0.212 e.